The first-order valence-corrected chi connectivity index (χ1v) is 8.34. The second kappa shape index (κ2) is 6.90. The van der Waals surface area contributed by atoms with Crippen molar-refractivity contribution in [2.75, 3.05) is 13.1 Å². The van der Waals surface area contributed by atoms with E-state index in [1.54, 1.807) is 6.07 Å². The number of H-pyrrole nitrogens is 1. The molecule has 0 spiro atoms. The summed E-state index contributed by atoms with van der Waals surface area (Å²) in [6.45, 7) is 3.41. The molecule has 2 aromatic heterocycles. The summed E-state index contributed by atoms with van der Waals surface area (Å²) in [6.07, 6.45) is 0.434. The highest BCUT2D eigenvalue weighted by Gasteiger charge is 2.32. The average molecular weight is 351 g/mol. The lowest BCUT2D eigenvalue weighted by Gasteiger charge is -2.26. The van der Waals surface area contributed by atoms with E-state index in [-0.39, 0.29) is 5.91 Å². The van der Waals surface area contributed by atoms with Gasteiger partial charge in [0.05, 0.1) is 0 Å². The lowest BCUT2D eigenvalue weighted by Crippen LogP contribution is -2.35. The van der Waals surface area contributed by atoms with Crippen LogP contribution in [0.3, 0.4) is 0 Å². The van der Waals surface area contributed by atoms with Crippen molar-refractivity contribution in [3.05, 3.63) is 52.6 Å². The molecular formula is C18H20F3N3O. The molecule has 1 amide bonds. The summed E-state index contributed by atoms with van der Waals surface area (Å²) < 4.78 is 37.7. The molecule has 7 heteroatoms. The van der Waals surface area contributed by atoms with Crippen molar-refractivity contribution < 1.29 is 18.0 Å². The van der Waals surface area contributed by atoms with Crippen LogP contribution in [0.15, 0.2) is 24.4 Å². The van der Waals surface area contributed by atoms with Gasteiger partial charge >= 0.3 is 6.18 Å². The molecule has 0 aromatic carbocycles. The number of carbonyl (C=O) groups is 1. The van der Waals surface area contributed by atoms with Crippen molar-refractivity contribution in [1.82, 2.24) is 14.9 Å². The van der Waals surface area contributed by atoms with Crippen molar-refractivity contribution in [3.63, 3.8) is 0 Å². The number of piperidine rings is 1. The van der Waals surface area contributed by atoms with Gasteiger partial charge in [0.15, 0.2) is 0 Å². The van der Waals surface area contributed by atoms with Crippen molar-refractivity contribution in [2.45, 2.75) is 38.8 Å². The third kappa shape index (κ3) is 4.03. The fraction of sp³-hybridized carbons (Fsp3) is 0.444. The van der Waals surface area contributed by atoms with E-state index in [4.69, 9.17) is 0 Å². The molecule has 4 nitrogen and oxygen atoms in total. The molecule has 25 heavy (non-hydrogen) atoms. The number of aromatic nitrogens is 2. The molecule has 1 saturated heterocycles. The number of halogens is 3. The van der Waals surface area contributed by atoms with Crippen molar-refractivity contribution >= 4 is 5.91 Å². The number of amides is 1. The van der Waals surface area contributed by atoms with Gasteiger partial charge in [-0.2, -0.15) is 13.2 Å². The number of hydrogen-bond donors (Lipinski definition) is 1. The Bertz CT molecular complexity index is 744. The van der Waals surface area contributed by atoms with Crippen molar-refractivity contribution in [3.8, 4) is 0 Å². The molecule has 1 aliphatic rings. The monoisotopic (exact) mass is 351 g/mol. The predicted molar refractivity (Wildman–Crippen MR) is 87.3 cm³/mol. The fourth-order valence-corrected chi connectivity index (χ4v) is 3.08. The zero-order chi connectivity index (χ0) is 18.0. The number of nitrogens with one attached hydrogen (secondary N) is 1. The van der Waals surface area contributed by atoms with E-state index in [0.717, 1.165) is 49.7 Å². The molecule has 1 N–H and O–H groups in total. The molecule has 1 fully saturated rings. The first-order chi connectivity index (χ1) is 11.8. The Morgan fingerprint density at radius 1 is 1.24 bits per heavy atom. The Morgan fingerprint density at radius 2 is 1.96 bits per heavy atom. The summed E-state index contributed by atoms with van der Waals surface area (Å²) in [5.41, 5.74) is 2.05. The molecular weight excluding hydrogens is 331 g/mol. The number of hydrogen-bond acceptors (Lipinski definition) is 2. The summed E-state index contributed by atoms with van der Waals surface area (Å²) in [4.78, 5) is 21.0. The van der Waals surface area contributed by atoms with E-state index >= 15 is 0 Å². The van der Waals surface area contributed by atoms with Crippen LogP contribution in [0.4, 0.5) is 13.2 Å². The maximum atomic E-state index is 12.6. The second-order valence-corrected chi connectivity index (χ2v) is 6.41. The van der Waals surface area contributed by atoms with Crippen molar-refractivity contribution in [2.24, 2.45) is 0 Å². The number of nitrogens with zero attached hydrogens (tertiary/aromatic N) is 2. The summed E-state index contributed by atoms with van der Waals surface area (Å²) in [5, 5.41) is 0. The summed E-state index contributed by atoms with van der Waals surface area (Å²) in [6, 6.07) is 4.20. The van der Waals surface area contributed by atoms with Gasteiger partial charge in [-0.05, 0) is 49.4 Å². The van der Waals surface area contributed by atoms with Gasteiger partial charge in [-0.15, -0.1) is 0 Å². The third-order valence-electron chi connectivity index (χ3n) is 4.51. The van der Waals surface area contributed by atoms with Crippen LogP contribution in [0.5, 0.6) is 0 Å². The Labute approximate surface area is 144 Å². The number of carbonyl (C=O) groups excluding carboxylic acids is 1. The van der Waals surface area contributed by atoms with Crippen LogP contribution in [-0.2, 0) is 12.6 Å². The molecule has 3 rings (SSSR count). The van der Waals surface area contributed by atoms with Crippen LogP contribution in [0.1, 0.15) is 52.3 Å². The first-order valence-electron chi connectivity index (χ1n) is 8.34. The van der Waals surface area contributed by atoms with Gasteiger partial charge in [0.25, 0.3) is 5.91 Å². The molecule has 0 aliphatic carbocycles. The van der Waals surface area contributed by atoms with Crippen LogP contribution >= 0.6 is 0 Å². The van der Waals surface area contributed by atoms with Gasteiger partial charge in [-0.25, -0.2) is 0 Å². The van der Waals surface area contributed by atoms with Gasteiger partial charge in [-0.1, -0.05) is 6.07 Å². The highest BCUT2D eigenvalue weighted by molar-refractivity contribution is 5.93. The number of aromatic amines is 1. The summed E-state index contributed by atoms with van der Waals surface area (Å²) >= 11 is 0. The third-order valence-corrected chi connectivity index (χ3v) is 4.51. The molecule has 0 radical (unpaired) electrons. The quantitative estimate of drug-likeness (QED) is 0.910. The molecule has 2 aromatic rings. The van der Waals surface area contributed by atoms with E-state index < -0.39 is 11.9 Å². The van der Waals surface area contributed by atoms with Crippen LogP contribution < -0.4 is 0 Å². The standard InChI is InChI=1S/C18H20F3N3O/c1-12-14(9-13-5-6-16(22-11-13)18(19,20)21)10-15(23-12)17(25)24-7-3-2-4-8-24/h5-6,10-11,23H,2-4,7-9H2,1H3. The van der Waals surface area contributed by atoms with Gasteiger partial charge in [-0.3, -0.25) is 9.78 Å². The smallest absolute Gasteiger partial charge is 0.354 e. The Hall–Kier alpha value is -2.31. The van der Waals surface area contributed by atoms with E-state index in [2.05, 4.69) is 9.97 Å². The van der Waals surface area contributed by atoms with Crippen LogP contribution in [0.2, 0.25) is 0 Å². The zero-order valence-corrected chi connectivity index (χ0v) is 14.0. The lowest BCUT2D eigenvalue weighted by atomic mass is 10.1. The number of pyridine rings is 1. The van der Waals surface area contributed by atoms with E-state index in [1.807, 2.05) is 11.8 Å². The molecule has 3 heterocycles. The Morgan fingerprint density at radius 3 is 2.56 bits per heavy atom. The minimum atomic E-state index is -4.43. The fourth-order valence-electron chi connectivity index (χ4n) is 3.08. The van der Waals surface area contributed by atoms with E-state index in [9.17, 15) is 18.0 Å². The lowest BCUT2D eigenvalue weighted by molar-refractivity contribution is -0.141. The van der Waals surface area contributed by atoms with E-state index in [1.165, 1.54) is 12.3 Å². The topological polar surface area (TPSA) is 49.0 Å². The predicted octanol–water partition coefficient (Wildman–Crippen LogP) is 3.95. The molecule has 0 unspecified atom stereocenters. The number of likely N-dealkylation sites (tertiary alicyclic amines) is 1. The molecule has 0 atom stereocenters. The van der Waals surface area contributed by atoms with Gasteiger partial charge in [0.1, 0.15) is 11.4 Å². The van der Waals surface area contributed by atoms with Gasteiger partial charge in [0, 0.05) is 31.4 Å². The minimum absolute atomic E-state index is 0.0143. The zero-order valence-electron chi connectivity index (χ0n) is 14.0. The highest BCUT2D eigenvalue weighted by Crippen LogP contribution is 2.27. The molecule has 134 valence electrons. The molecule has 0 bridgehead atoms. The normalized spacial score (nSPS) is 15.4. The van der Waals surface area contributed by atoms with Gasteiger partial charge < -0.3 is 9.88 Å². The van der Waals surface area contributed by atoms with Crippen LogP contribution in [0.25, 0.3) is 0 Å². The molecule has 0 saturated carbocycles. The molecule has 1 aliphatic heterocycles. The summed E-state index contributed by atoms with van der Waals surface area (Å²) in [7, 11) is 0. The Balaban J connectivity index is 1.73. The van der Waals surface area contributed by atoms with Crippen molar-refractivity contribution in [1.29, 1.82) is 0 Å². The number of aryl methyl sites for hydroxylation is 1. The van der Waals surface area contributed by atoms with Crippen LogP contribution in [0, 0.1) is 6.92 Å². The Kier molecular flexibility index (Phi) is 4.83. The number of alkyl halides is 3. The number of rotatable bonds is 3. The maximum absolute atomic E-state index is 12.6. The first kappa shape index (κ1) is 17.5. The van der Waals surface area contributed by atoms with Gasteiger partial charge in [0.2, 0.25) is 0 Å². The summed E-state index contributed by atoms with van der Waals surface area (Å²) in [5.74, 6) is -0.0143. The highest BCUT2D eigenvalue weighted by atomic mass is 19.4. The van der Waals surface area contributed by atoms with E-state index in [0.29, 0.717) is 17.7 Å². The largest absolute Gasteiger partial charge is 0.433 e. The minimum Gasteiger partial charge on any atom is -0.354 e. The second-order valence-electron chi connectivity index (χ2n) is 6.41. The SMILES string of the molecule is Cc1[nH]c(C(=O)N2CCCCC2)cc1Cc1ccc(C(F)(F)F)nc1. The van der Waals surface area contributed by atoms with Crippen LogP contribution in [-0.4, -0.2) is 33.9 Å². The average Bonchev–Trinajstić information content (AvgIpc) is 2.95. The maximum Gasteiger partial charge on any atom is 0.433 e.